The average Bonchev–Trinajstić information content (AvgIpc) is 2.91. The first-order chi connectivity index (χ1) is 10.1. The fraction of sp³-hybridized carbons (Fsp3) is 0.455. The van der Waals surface area contributed by atoms with Gasteiger partial charge in [-0.15, -0.1) is 10.2 Å². The molecule has 0 aliphatic heterocycles. The van der Waals surface area contributed by atoms with E-state index in [0.29, 0.717) is 17.5 Å². The van der Waals surface area contributed by atoms with Crippen molar-refractivity contribution in [1.82, 2.24) is 24.7 Å². The van der Waals surface area contributed by atoms with Crippen molar-refractivity contribution in [2.75, 3.05) is 17.7 Å². The Morgan fingerprint density at radius 2 is 2.19 bits per heavy atom. The fourth-order valence-electron chi connectivity index (χ4n) is 1.86. The maximum Gasteiger partial charge on any atom is 0.332 e. The zero-order chi connectivity index (χ0) is 15.4. The molecule has 2 aromatic heterocycles. The van der Waals surface area contributed by atoms with Crippen LogP contribution in [0.15, 0.2) is 6.33 Å². The van der Waals surface area contributed by atoms with Gasteiger partial charge in [0.1, 0.15) is 12.0 Å². The van der Waals surface area contributed by atoms with Crippen LogP contribution in [0, 0.1) is 17.0 Å². The minimum atomic E-state index is -0.498. The van der Waals surface area contributed by atoms with Crippen LogP contribution in [0.25, 0.3) is 0 Å². The summed E-state index contributed by atoms with van der Waals surface area (Å²) in [6.45, 7) is 4.54. The number of anilines is 2. The molecule has 10 nitrogen and oxygen atoms in total. The summed E-state index contributed by atoms with van der Waals surface area (Å²) in [6, 6.07) is 0. The molecule has 0 fully saturated rings. The summed E-state index contributed by atoms with van der Waals surface area (Å²) in [5.74, 6) is 1.15. The first kappa shape index (κ1) is 14.6. The summed E-state index contributed by atoms with van der Waals surface area (Å²) in [7, 11) is 1.65. The lowest BCUT2D eigenvalue weighted by molar-refractivity contribution is -0.385. The van der Waals surface area contributed by atoms with Gasteiger partial charge in [-0.05, 0) is 13.8 Å². The van der Waals surface area contributed by atoms with E-state index in [1.807, 2.05) is 11.5 Å². The van der Waals surface area contributed by atoms with E-state index in [2.05, 4.69) is 30.8 Å². The quantitative estimate of drug-likeness (QED) is 0.596. The second kappa shape index (κ2) is 6.11. The van der Waals surface area contributed by atoms with Gasteiger partial charge in [0.05, 0.1) is 11.5 Å². The summed E-state index contributed by atoms with van der Waals surface area (Å²) >= 11 is 0. The van der Waals surface area contributed by atoms with Gasteiger partial charge >= 0.3 is 5.69 Å². The number of nitro groups is 1. The molecule has 0 aliphatic rings. The minimum absolute atomic E-state index is 0.142. The number of rotatable bonds is 6. The van der Waals surface area contributed by atoms with Gasteiger partial charge in [-0.3, -0.25) is 10.1 Å². The Kier molecular flexibility index (Phi) is 4.26. The number of nitrogens with one attached hydrogen (secondary N) is 2. The van der Waals surface area contributed by atoms with Gasteiger partial charge in [0.15, 0.2) is 5.82 Å². The smallest absolute Gasteiger partial charge is 0.332 e. The summed E-state index contributed by atoms with van der Waals surface area (Å²) in [6.07, 6.45) is 1.61. The van der Waals surface area contributed by atoms with Gasteiger partial charge < -0.3 is 15.2 Å². The standard InChI is InChI=1S/C11H16N8O2/c1-4-18-6-14-17-8(18)5-13-10-9(19(20)21)7(2)15-11(12-3)16-10/h6H,4-5H2,1-3H3,(H2,12,13,15,16). The summed E-state index contributed by atoms with van der Waals surface area (Å²) in [5, 5.41) is 24.6. The molecular weight excluding hydrogens is 276 g/mol. The Balaban J connectivity index is 2.30. The van der Waals surface area contributed by atoms with E-state index in [1.54, 1.807) is 20.3 Å². The van der Waals surface area contributed by atoms with Crippen molar-refractivity contribution in [2.24, 2.45) is 0 Å². The number of hydrogen-bond acceptors (Lipinski definition) is 8. The van der Waals surface area contributed by atoms with Crippen molar-refractivity contribution >= 4 is 17.5 Å². The van der Waals surface area contributed by atoms with Gasteiger partial charge in [0.2, 0.25) is 11.8 Å². The molecule has 21 heavy (non-hydrogen) atoms. The van der Waals surface area contributed by atoms with Gasteiger partial charge in [0.25, 0.3) is 0 Å². The van der Waals surface area contributed by atoms with E-state index in [4.69, 9.17) is 0 Å². The van der Waals surface area contributed by atoms with Crippen LogP contribution in [0.5, 0.6) is 0 Å². The second-order valence-electron chi connectivity index (χ2n) is 4.22. The number of aromatic nitrogens is 5. The molecule has 2 heterocycles. The van der Waals surface area contributed by atoms with E-state index >= 15 is 0 Å². The Bertz CT molecular complexity index is 654. The van der Waals surface area contributed by atoms with Crippen molar-refractivity contribution in [3.8, 4) is 0 Å². The largest absolute Gasteiger partial charge is 0.357 e. The summed E-state index contributed by atoms with van der Waals surface area (Å²) in [5.41, 5.74) is 0.148. The zero-order valence-electron chi connectivity index (χ0n) is 12.0. The predicted molar refractivity (Wildman–Crippen MR) is 76.0 cm³/mol. The third-order valence-corrected chi connectivity index (χ3v) is 2.91. The highest BCUT2D eigenvalue weighted by Crippen LogP contribution is 2.26. The molecule has 112 valence electrons. The van der Waals surface area contributed by atoms with Crippen molar-refractivity contribution in [3.05, 3.63) is 28.0 Å². The third-order valence-electron chi connectivity index (χ3n) is 2.91. The van der Waals surface area contributed by atoms with Crippen molar-refractivity contribution < 1.29 is 4.92 Å². The molecule has 0 atom stereocenters. The number of nitrogens with zero attached hydrogens (tertiary/aromatic N) is 6. The Morgan fingerprint density at radius 3 is 2.81 bits per heavy atom. The van der Waals surface area contributed by atoms with Crippen LogP contribution in [-0.4, -0.2) is 36.7 Å². The first-order valence-corrected chi connectivity index (χ1v) is 6.38. The average molecular weight is 292 g/mol. The summed E-state index contributed by atoms with van der Waals surface area (Å²) < 4.78 is 1.84. The van der Waals surface area contributed by atoms with E-state index in [1.165, 1.54) is 0 Å². The molecule has 10 heteroatoms. The lowest BCUT2D eigenvalue weighted by Gasteiger charge is -2.09. The lowest BCUT2D eigenvalue weighted by Crippen LogP contribution is -2.12. The van der Waals surface area contributed by atoms with Crippen LogP contribution in [0.1, 0.15) is 18.4 Å². The topological polar surface area (TPSA) is 124 Å². The highest BCUT2D eigenvalue weighted by Gasteiger charge is 2.22. The normalized spacial score (nSPS) is 10.4. The molecule has 0 saturated heterocycles. The zero-order valence-corrected chi connectivity index (χ0v) is 12.0. The van der Waals surface area contributed by atoms with Gasteiger partial charge in [0, 0.05) is 13.6 Å². The SMILES string of the molecule is CCn1cnnc1CNc1nc(NC)nc(C)c1[N+](=O)[O-]. The molecule has 0 amide bonds. The molecule has 0 aliphatic carbocycles. The van der Waals surface area contributed by atoms with Crippen LogP contribution in [0.2, 0.25) is 0 Å². The lowest BCUT2D eigenvalue weighted by atomic mass is 10.3. The van der Waals surface area contributed by atoms with Gasteiger partial charge in [-0.1, -0.05) is 0 Å². The van der Waals surface area contributed by atoms with Crippen molar-refractivity contribution in [2.45, 2.75) is 26.9 Å². The molecule has 0 aromatic carbocycles. The van der Waals surface area contributed by atoms with Crippen molar-refractivity contribution in [1.29, 1.82) is 0 Å². The number of hydrogen-bond donors (Lipinski definition) is 2. The van der Waals surface area contributed by atoms with E-state index < -0.39 is 4.92 Å². The van der Waals surface area contributed by atoms with Gasteiger partial charge in [-0.25, -0.2) is 4.98 Å². The second-order valence-corrected chi connectivity index (χ2v) is 4.22. The maximum absolute atomic E-state index is 11.2. The molecule has 2 aromatic rings. The highest BCUT2D eigenvalue weighted by molar-refractivity contribution is 5.60. The Hall–Kier alpha value is -2.78. The van der Waals surface area contributed by atoms with Crippen molar-refractivity contribution in [3.63, 3.8) is 0 Å². The maximum atomic E-state index is 11.2. The highest BCUT2D eigenvalue weighted by atomic mass is 16.6. The third kappa shape index (κ3) is 3.04. The van der Waals surface area contributed by atoms with E-state index in [9.17, 15) is 10.1 Å². The first-order valence-electron chi connectivity index (χ1n) is 6.38. The Morgan fingerprint density at radius 1 is 1.43 bits per heavy atom. The van der Waals surface area contributed by atoms with E-state index in [-0.39, 0.29) is 18.1 Å². The Labute approximate surface area is 120 Å². The van der Waals surface area contributed by atoms with Crippen LogP contribution >= 0.6 is 0 Å². The molecule has 0 bridgehead atoms. The molecule has 2 rings (SSSR count). The molecular formula is C11H16N8O2. The van der Waals surface area contributed by atoms with Crippen LogP contribution in [-0.2, 0) is 13.1 Å². The number of aryl methyl sites for hydroxylation is 2. The monoisotopic (exact) mass is 292 g/mol. The molecule has 0 unspecified atom stereocenters. The summed E-state index contributed by atoms with van der Waals surface area (Å²) in [4.78, 5) is 18.8. The van der Waals surface area contributed by atoms with Crippen LogP contribution in [0.3, 0.4) is 0 Å². The van der Waals surface area contributed by atoms with Crippen LogP contribution < -0.4 is 10.6 Å². The molecule has 2 N–H and O–H groups in total. The van der Waals surface area contributed by atoms with Gasteiger partial charge in [-0.2, -0.15) is 4.98 Å². The van der Waals surface area contributed by atoms with Crippen LogP contribution in [0.4, 0.5) is 17.5 Å². The molecule has 0 spiro atoms. The van der Waals surface area contributed by atoms with E-state index in [0.717, 1.165) is 6.54 Å². The minimum Gasteiger partial charge on any atom is -0.357 e. The molecule has 0 saturated carbocycles. The fourth-order valence-corrected chi connectivity index (χ4v) is 1.86. The molecule has 0 radical (unpaired) electrons. The predicted octanol–water partition coefficient (Wildman–Crippen LogP) is 0.958.